The minimum Gasteiger partial charge on any atom is -0.314 e. The fourth-order valence-electron chi connectivity index (χ4n) is 1.51. The average Bonchev–Trinajstić information content (AvgIpc) is 2.03. The van der Waals surface area contributed by atoms with Crippen molar-refractivity contribution in [2.45, 2.75) is 59.9 Å². The van der Waals surface area contributed by atoms with Gasteiger partial charge in [0.2, 0.25) is 0 Å². The van der Waals surface area contributed by atoms with Gasteiger partial charge in [0.15, 0.2) is 0 Å². The molecule has 0 radical (unpaired) electrons. The SMILES string of the molecule is CCCNC(CCC(C)C)C(C)C. The molecule has 0 amide bonds. The molecule has 0 aliphatic heterocycles. The molecule has 0 aliphatic carbocycles. The van der Waals surface area contributed by atoms with Crippen LogP contribution < -0.4 is 5.32 Å². The Bertz CT molecular complexity index is 108. The molecular formula is C12H27N. The van der Waals surface area contributed by atoms with E-state index in [4.69, 9.17) is 0 Å². The van der Waals surface area contributed by atoms with Gasteiger partial charge in [0.1, 0.15) is 0 Å². The topological polar surface area (TPSA) is 12.0 Å². The highest BCUT2D eigenvalue weighted by Gasteiger charge is 2.12. The summed E-state index contributed by atoms with van der Waals surface area (Å²) in [7, 11) is 0. The Morgan fingerprint density at radius 2 is 1.62 bits per heavy atom. The normalized spacial score (nSPS) is 14.1. The van der Waals surface area contributed by atoms with Gasteiger partial charge in [-0.25, -0.2) is 0 Å². The molecule has 0 saturated carbocycles. The van der Waals surface area contributed by atoms with Crippen molar-refractivity contribution in [1.82, 2.24) is 5.32 Å². The molecule has 0 heterocycles. The molecule has 0 aliphatic rings. The van der Waals surface area contributed by atoms with E-state index in [-0.39, 0.29) is 0 Å². The Hall–Kier alpha value is -0.0400. The molecule has 1 N–H and O–H groups in total. The molecular weight excluding hydrogens is 158 g/mol. The average molecular weight is 185 g/mol. The van der Waals surface area contributed by atoms with Crippen molar-refractivity contribution in [3.63, 3.8) is 0 Å². The Labute approximate surface area is 84.3 Å². The summed E-state index contributed by atoms with van der Waals surface area (Å²) < 4.78 is 0. The number of rotatable bonds is 7. The van der Waals surface area contributed by atoms with Crippen LogP contribution in [0.2, 0.25) is 0 Å². The van der Waals surface area contributed by atoms with Crippen molar-refractivity contribution in [2.75, 3.05) is 6.54 Å². The molecule has 0 bridgehead atoms. The van der Waals surface area contributed by atoms with Crippen LogP contribution in [0.25, 0.3) is 0 Å². The zero-order valence-electron chi connectivity index (χ0n) is 10.1. The molecule has 0 aromatic rings. The van der Waals surface area contributed by atoms with Gasteiger partial charge >= 0.3 is 0 Å². The summed E-state index contributed by atoms with van der Waals surface area (Å²) in [6.07, 6.45) is 3.92. The first-order chi connectivity index (χ1) is 6.07. The standard InChI is InChI=1S/C12H27N/c1-6-9-13-12(11(4)5)8-7-10(2)3/h10-13H,6-9H2,1-5H3. The smallest absolute Gasteiger partial charge is 0.00901 e. The highest BCUT2D eigenvalue weighted by molar-refractivity contribution is 4.70. The van der Waals surface area contributed by atoms with Gasteiger partial charge in [-0.1, -0.05) is 34.6 Å². The molecule has 0 spiro atoms. The second-order valence-electron chi connectivity index (χ2n) is 4.78. The summed E-state index contributed by atoms with van der Waals surface area (Å²) in [6.45, 7) is 12.6. The Morgan fingerprint density at radius 3 is 2.00 bits per heavy atom. The lowest BCUT2D eigenvalue weighted by Crippen LogP contribution is -2.34. The Morgan fingerprint density at radius 1 is 1.00 bits per heavy atom. The summed E-state index contributed by atoms with van der Waals surface area (Å²) in [4.78, 5) is 0. The van der Waals surface area contributed by atoms with Crippen LogP contribution in [0.3, 0.4) is 0 Å². The molecule has 80 valence electrons. The highest BCUT2D eigenvalue weighted by Crippen LogP contribution is 2.12. The van der Waals surface area contributed by atoms with E-state index in [2.05, 4.69) is 39.9 Å². The summed E-state index contributed by atoms with van der Waals surface area (Å²) in [5.41, 5.74) is 0. The van der Waals surface area contributed by atoms with Gasteiger partial charge in [-0.15, -0.1) is 0 Å². The molecule has 1 nitrogen and oxygen atoms in total. The first kappa shape index (κ1) is 13.0. The van der Waals surface area contributed by atoms with E-state index < -0.39 is 0 Å². The maximum atomic E-state index is 3.62. The van der Waals surface area contributed by atoms with Crippen LogP contribution in [-0.2, 0) is 0 Å². The van der Waals surface area contributed by atoms with Crippen LogP contribution in [0.4, 0.5) is 0 Å². The van der Waals surface area contributed by atoms with Crippen molar-refractivity contribution in [2.24, 2.45) is 11.8 Å². The third-order valence-corrected chi connectivity index (χ3v) is 2.52. The van der Waals surface area contributed by atoms with E-state index in [9.17, 15) is 0 Å². The van der Waals surface area contributed by atoms with E-state index >= 15 is 0 Å². The summed E-state index contributed by atoms with van der Waals surface area (Å²) in [5.74, 6) is 1.61. The molecule has 0 fully saturated rings. The van der Waals surface area contributed by atoms with E-state index in [1.165, 1.54) is 25.8 Å². The summed E-state index contributed by atoms with van der Waals surface area (Å²) in [5, 5.41) is 3.62. The van der Waals surface area contributed by atoms with E-state index in [1.54, 1.807) is 0 Å². The predicted octanol–water partition coefficient (Wildman–Crippen LogP) is 3.45. The lowest BCUT2D eigenvalue weighted by Gasteiger charge is -2.23. The van der Waals surface area contributed by atoms with Gasteiger partial charge in [0, 0.05) is 6.04 Å². The van der Waals surface area contributed by atoms with Gasteiger partial charge in [0.05, 0.1) is 0 Å². The zero-order chi connectivity index (χ0) is 10.3. The van der Waals surface area contributed by atoms with Crippen LogP contribution >= 0.6 is 0 Å². The molecule has 0 aromatic heterocycles. The molecule has 0 rings (SSSR count). The Balaban J connectivity index is 3.67. The minimum atomic E-state index is 0.724. The second kappa shape index (κ2) is 7.37. The quantitative estimate of drug-likeness (QED) is 0.640. The highest BCUT2D eigenvalue weighted by atomic mass is 14.9. The van der Waals surface area contributed by atoms with Crippen LogP contribution in [-0.4, -0.2) is 12.6 Å². The lowest BCUT2D eigenvalue weighted by molar-refractivity contribution is 0.351. The Kier molecular flexibility index (Phi) is 7.35. The maximum Gasteiger partial charge on any atom is 0.00901 e. The molecule has 13 heavy (non-hydrogen) atoms. The number of hydrogen-bond acceptors (Lipinski definition) is 1. The lowest BCUT2D eigenvalue weighted by atomic mass is 9.95. The minimum absolute atomic E-state index is 0.724. The van der Waals surface area contributed by atoms with Gasteiger partial charge in [-0.3, -0.25) is 0 Å². The molecule has 0 aromatic carbocycles. The van der Waals surface area contributed by atoms with Crippen molar-refractivity contribution < 1.29 is 0 Å². The fourth-order valence-corrected chi connectivity index (χ4v) is 1.51. The summed E-state index contributed by atoms with van der Waals surface area (Å²) in [6, 6.07) is 0.724. The first-order valence-corrected chi connectivity index (χ1v) is 5.81. The van der Waals surface area contributed by atoms with Gasteiger partial charge < -0.3 is 5.32 Å². The number of nitrogens with one attached hydrogen (secondary N) is 1. The fraction of sp³-hybridized carbons (Fsp3) is 1.00. The number of hydrogen-bond donors (Lipinski definition) is 1. The molecule has 1 unspecified atom stereocenters. The maximum absolute atomic E-state index is 3.62. The second-order valence-corrected chi connectivity index (χ2v) is 4.78. The van der Waals surface area contributed by atoms with E-state index in [0.717, 1.165) is 17.9 Å². The van der Waals surface area contributed by atoms with Crippen molar-refractivity contribution >= 4 is 0 Å². The van der Waals surface area contributed by atoms with Gasteiger partial charge in [0.25, 0.3) is 0 Å². The first-order valence-electron chi connectivity index (χ1n) is 5.81. The molecule has 1 heteroatoms. The van der Waals surface area contributed by atoms with Crippen LogP contribution in [0, 0.1) is 11.8 Å². The molecule has 1 atom stereocenters. The summed E-state index contributed by atoms with van der Waals surface area (Å²) >= 11 is 0. The third kappa shape index (κ3) is 7.06. The van der Waals surface area contributed by atoms with E-state index in [0.29, 0.717) is 0 Å². The van der Waals surface area contributed by atoms with Crippen LogP contribution in [0.1, 0.15) is 53.9 Å². The van der Waals surface area contributed by atoms with Gasteiger partial charge in [-0.05, 0) is 37.6 Å². The predicted molar refractivity (Wildman–Crippen MR) is 61.0 cm³/mol. The van der Waals surface area contributed by atoms with Crippen LogP contribution in [0.5, 0.6) is 0 Å². The van der Waals surface area contributed by atoms with E-state index in [1.807, 2.05) is 0 Å². The zero-order valence-corrected chi connectivity index (χ0v) is 10.1. The largest absolute Gasteiger partial charge is 0.314 e. The van der Waals surface area contributed by atoms with Gasteiger partial charge in [-0.2, -0.15) is 0 Å². The monoisotopic (exact) mass is 185 g/mol. The van der Waals surface area contributed by atoms with Crippen LogP contribution in [0.15, 0.2) is 0 Å². The van der Waals surface area contributed by atoms with Crippen molar-refractivity contribution in [3.8, 4) is 0 Å². The van der Waals surface area contributed by atoms with Crippen molar-refractivity contribution in [3.05, 3.63) is 0 Å². The molecule has 0 saturated heterocycles. The van der Waals surface area contributed by atoms with Crippen molar-refractivity contribution in [1.29, 1.82) is 0 Å². The third-order valence-electron chi connectivity index (χ3n) is 2.52.